The minimum absolute atomic E-state index is 0.371. The van der Waals surface area contributed by atoms with Crippen LogP contribution in [-0.2, 0) is 15.9 Å². The van der Waals surface area contributed by atoms with Crippen molar-refractivity contribution < 1.29 is 9.47 Å². The van der Waals surface area contributed by atoms with Gasteiger partial charge in [-0.3, -0.25) is 0 Å². The van der Waals surface area contributed by atoms with Gasteiger partial charge in [0.05, 0.1) is 13.2 Å². The van der Waals surface area contributed by atoms with E-state index in [2.05, 4.69) is 45.0 Å². The van der Waals surface area contributed by atoms with E-state index >= 15 is 0 Å². The fourth-order valence-electron chi connectivity index (χ4n) is 3.37. The van der Waals surface area contributed by atoms with Crippen LogP contribution in [-0.4, -0.2) is 19.0 Å². The molecule has 1 aromatic carbocycles. The zero-order chi connectivity index (χ0) is 17.3. The summed E-state index contributed by atoms with van der Waals surface area (Å²) in [5, 5.41) is 0. The van der Waals surface area contributed by atoms with Crippen LogP contribution in [0.5, 0.6) is 0 Å². The van der Waals surface area contributed by atoms with Crippen molar-refractivity contribution in [2.24, 2.45) is 0 Å². The zero-order valence-corrected chi connectivity index (χ0v) is 16.0. The van der Waals surface area contributed by atoms with Crippen LogP contribution in [0.4, 0.5) is 0 Å². The van der Waals surface area contributed by atoms with E-state index in [1.54, 1.807) is 0 Å². The largest absolute Gasteiger partial charge is 0.350 e. The molecule has 0 atom stereocenters. The van der Waals surface area contributed by atoms with Crippen molar-refractivity contribution in [3.63, 3.8) is 0 Å². The van der Waals surface area contributed by atoms with Gasteiger partial charge >= 0.3 is 0 Å². The summed E-state index contributed by atoms with van der Waals surface area (Å²) in [6, 6.07) is 9.06. The predicted molar refractivity (Wildman–Crippen MR) is 101 cm³/mol. The maximum absolute atomic E-state index is 6.11. The lowest BCUT2D eigenvalue weighted by molar-refractivity contribution is -0.266. The van der Waals surface area contributed by atoms with Gasteiger partial charge in [0, 0.05) is 12.3 Å². The average molecular weight is 333 g/mol. The summed E-state index contributed by atoms with van der Waals surface area (Å²) < 4.78 is 12.2. The first-order valence-electron chi connectivity index (χ1n) is 10.0. The number of aryl methyl sites for hydroxylation is 1. The van der Waals surface area contributed by atoms with E-state index in [0.29, 0.717) is 5.92 Å². The van der Waals surface area contributed by atoms with E-state index in [0.717, 1.165) is 19.6 Å². The average Bonchev–Trinajstić information content (AvgIpc) is 2.61. The zero-order valence-electron chi connectivity index (χ0n) is 16.0. The molecule has 1 aromatic rings. The topological polar surface area (TPSA) is 18.5 Å². The molecule has 0 unspecified atom stereocenters. The van der Waals surface area contributed by atoms with Gasteiger partial charge in [-0.2, -0.15) is 0 Å². The second kappa shape index (κ2) is 10.2. The van der Waals surface area contributed by atoms with Crippen molar-refractivity contribution in [3.05, 3.63) is 35.4 Å². The fourth-order valence-corrected chi connectivity index (χ4v) is 3.37. The number of hydrogen-bond acceptors (Lipinski definition) is 2. The van der Waals surface area contributed by atoms with Gasteiger partial charge in [-0.25, -0.2) is 0 Å². The molecule has 0 aromatic heterocycles. The first kappa shape index (κ1) is 19.5. The summed E-state index contributed by atoms with van der Waals surface area (Å²) in [5.41, 5.74) is 2.79. The Balaban J connectivity index is 1.75. The smallest absolute Gasteiger partial charge is 0.165 e. The van der Waals surface area contributed by atoms with Crippen molar-refractivity contribution in [3.8, 4) is 0 Å². The highest BCUT2D eigenvalue weighted by Crippen LogP contribution is 2.31. The molecule has 0 radical (unpaired) electrons. The minimum atomic E-state index is -0.371. The highest BCUT2D eigenvalue weighted by molar-refractivity contribution is 5.26. The molecule has 0 amide bonds. The Hall–Kier alpha value is -0.860. The van der Waals surface area contributed by atoms with Gasteiger partial charge in [0.25, 0.3) is 0 Å². The Labute approximate surface area is 148 Å². The van der Waals surface area contributed by atoms with Crippen LogP contribution in [0, 0.1) is 0 Å². The Morgan fingerprint density at radius 1 is 0.875 bits per heavy atom. The molecule has 0 bridgehead atoms. The molecule has 2 rings (SSSR count). The van der Waals surface area contributed by atoms with Gasteiger partial charge in [-0.05, 0) is 37.3 Å². The third-order valence-corrected chi connectivity index (χ3v) is 5.18. The summed E-state index contributed by atoms with van der Waals surface area (Å²) in [5.74, 6) is 0.00226. The van der Waals surface area contributed by atoms with Crippen LogP contribution in [0.15, 0.2) is 24.3 Å². The van der Waals surface area contributed by atoms with Crippen LogP contribution >= 0.6 is 0 Å². The SMILES string of the molecule is CCCCCCCC1(C)OCC(c2ccc(CCCC)cc2)CO1. The van der Waals surface area contributed by atoms with Gasteiger partial charge in [0.15, 0.2) is 5.79 Å². The van der Waals surface area contributed by atoms with E-state index in [9.17, 15) is 0 Å². The summed E-state index contributed by atoms with van der Waals surface area (Å²) in [6.07, 6.45) is 11.2. The first-order valence-corrected chi connectivity index (χ1v) is 10.0. The number of rotatable bonds is 10. The van der Waals surface area contributed by atoms with Crippen molar-refractivity contribution >= 4 is 0 Å². The predicted octanol–water partition coefficient (Wildman–Crippen LogP) is 6.24. The lowest BCUT2D eigenvalue weighted by Gasteiger charge is -2.38. The fraction of sp³-hybridized carbons (Fsp3) is 0.727. The lowest BCUT2D eigenvalue weighted by atomic mass is 9.96. The number of ether oxygens (including phenoxy) is 2. The Kier molecular flexibility index (Phi) is 8.28. The van der Waals surface area contributed by atoms with Gasteiger partial charge in [-0.15, -0.1) is 0 Å². The summed E-state index contributed by atoms with van der Waals surface area (Å²) in [6.45, 7) is 8.16. The summed E-state index contributed by atoms with van der Waals surface area (Å²) >= 11 is 0. The molecule has 24 heavy (non-hydrogen) atoms. The van der Waals surface area contributed by atoms with Gasteiger partial charge in [0.1, 0.15) is 0 Å². The molecular weight excluding hydrogens is 296 g/mol. The highest BCUT2D eigenvalue weighted by Gasteiger charge is 2.32. The van der Waals surface area contributed by atoms with Crippen molar-refractivity contribution in [1.29, 1.82) is 0 Å². The van der Waals surface area contributed by atoms with E-state index < -0.39 is 0 Å². The number of unbranched alkanes of at least 4 members (excludes halogenated alkanes) is 5. The molecule has 0 N–H and O–H groups in total. The summed E-state index contributed by atoms with van der Waals surface area (Å²) in [7, 11) is 0. The standard InChI is InChI=1S/C22H36O2/c1-4-6-8-9-10-16-22(3)23-17-21(18-24-22)20-14-12-19(13-15-20)11-7-5-2/h12-15,21H,4-11,16-18H2,1-3H3. The van der Waals surface area contributed by atoms with Crippen molar-refractivity contribution in [1.82, 2.24) is 0 Å². The third kappa shape index (κ3) is 6.22. The van der Waals surface area contributed by atoms with Gasteiger partial charge in [-0.1, -0.05) is 70.2 Å². The minimum Gasteiger partial charge on any atom is -0.350 e. The Morgan fingerprint density at radius 2 is 1.50 bits per heavy atom. The van der Waals surface area contributed by atoms with E-state index in [-0.39, 0.29) is 5.79 Å². The van der Waals surface area contributed by atoms with Crippen molar-refractivity contribution in [2.75, 3.05) is 13.2 Å². The van der Waals surface area contributed by atoms with Crippen LogP contribution in [0.25, 0.3) is 0 Å². The molecule has 1 saturated heterocycles. The van der Waals surface area contributed by atoms with E-state index in [1.807, 2.05) is 0 Å². The first-order chi connectivity index (χ1) is 11.7. The lowest BCUT2D eigenvalue weighted by Crippen LogP contribution is -2.40. The molecule has 0 spiro atoms. The molecule has 1 heterocycles. The third-order valence-electron chi connectivity index (χ3n) is 5.18. The monoisotopic (exact) mass is 332 g/mol. The molecule has 1 aliphatic rings. The molecule has 1 aliphatic heterocycles. The molecular formula is C22H36O2. The number of benzene rings is 1. The Bertz CT molecular complexity index is 444. The second-order valence-electron chi connectivity index (χ2n) is 7.46. The molecule has 2 heteroatoms. The van der Waals surface area contributed by atoms with E-state index in [4.69, 9.17) is 9.47 Å². The highest BCUT2D eigenvalue weighted by atomic mass is 16.7. The van der Waals surface area contributed by atoms with Crippen LogP contribution in [0.2, 0.25) is 0 Å². The van der Waals surface area contributed by atoms with Crippen LogP contribution < -0.4 is 0 Å². The Morgan fingerprint density at radius 3 is 2.12 bits per heavy atom. The molecule has 136 valence electrons. The maximum atomic E-state index is 6.11. The molecule has 1 fully saturated rings. The maximum Gasteiger partial charge on any atom is 0.165 e. The number of hydrogen-bond donors (Lipinski definition) is 0. The summed E-state index contributed by atoms with van der Waals surface area (Å²) in [4.78, 5) is 0. The van der Waals surface area contributed by atoms with Crippen LogP contribution in [0.3, 0.4) is 0 Å². The molecule has 0 aliphatic carbocycles. The normalized spacial score (nSPS) is 24.2. The van der Waals surface area contributed by atoms with Crippen molar-refractivity contribution in [2.45, 2.75) is 90.3 Å². The second-order valence-corrected chi connectivity index (χ2v) is 7.46. The molecule has 0 saturated carbocycles. The van der Waals surface area contributed by atoms with Gasteiger partial charge in [0.2, 0.25) is 0 Å². The van der Waals surface area contributed by atoms with E-state index in [1.165, 1.54) is 62.5 Å². The molecule has 2 nitrogen and oxygen atoms in total. The quantitative estimate of drug-likeness (QED) is 0.472. The van der Waals surface area contributed by atoms with Gasteiger partial charge < -0.3 is 9.47 Å². The van der Waals surface area contributed by atoms with Crippen LogP contribution in [0.1, 0.15) is 89.2 Å².